The van der Waals surface area contributed by atoms with Crippen molar-refractivity contribution in [2.24, 2.45) is 5.92 Å². The number of hydrogen-bond acceptors (Lipinski definition) is 5. The van der Waals surface area contributed by atoms with Gasteiger partial charge in [0, 0.05) is 30.9 Å². The monoisotopic (exact) mass is 337 g/mol. The van der Waals surface area contributed by atoms with E-state index < -0.39 is 9.84 Å². The second kappa shape index (κ2) is 6.47. The summed E-state index contributed by atoms with van der Waals surface area (Å²) in [5.74, 6) is 1.43. The number of anilines is 1. The van der Waals surface area contributed by atoms with Crippen LogP contribution in [0.25, 0.3) is 0 Å². The van der Waals surface area contributed by atoms with E-state index in [-0.39, 0.29) is 23.5 Å². The fraction of sp³-hybridized carbons (Fsp3) is 0.625. The zero-order valence-electron chi connectivity index (χ0n) is 13.4. The highest BCUT2D eigenvalue weighted by atomic mass is 32.2. The molecule has 0 bridgehead atoms. The van der Waals surface area contributed by atoms with Crippen LogP contribution in [-0.2, 0) is 9.84 Å². The quantitative estimate of drug-likeness (QED) is 0.897. The van der Waals surface area contributed by atoms with Gasteiger partial charge in [-0.05, 0) is 37.3 Å². The Labute approximate surface area is 137 Å². The Hall–Kier alpha value is -1.63. The zero-order chi connectivity index (χ0) is 16.4. The molecule has 1 aromatic heterocycles. The van der Waals surface area contributed by atoms with Gasteiger partial charge in [-0.1, -0.05) is 6.92 Å². The number of pyridine rings is 1. The van der Waals surface area contributed by atoms with Crippen molar-refractivity contribution < 1.29 is 13.2 Å². The first-order chi connectivity index (χ1) is 10.9. The third-order valence-electron chi connectivity index (χ3n) is 4.56. The third kappa shape index (κ3) is 4.02. The second-order valence-corrected chi connectivity index (χ2v) is 8.90. The molecular formula is C16H23N3O3S. The summed E-state index contributed by atoms with van der Waals surface area (Å²) in [7, 11) is -2.99. The SMILES string of the molecule is CC1CCCN(c2cc(C(=O)NC3CCS(=O)(=O)C3)ccn2)C1. The van der Waals surface area contributed by atoms with Gasteiger partial charge in [-0.25, -0.2) is 13.4 Å². The molecule has 2 aliphatic heterocycles. The van der Waals surface area contributed by atoms with Crippen LogP contribution in [0, 0.1) is 5.92 Å². The lowest BCUT2D eigenvalue weighted by molar-refractivity contribution is 0.0941. The van der Waals surface area contributed by atoms with Crippen molar-refractivity contribution in [2.45, 2.75) is 32.2 Å². The first-order valence-electron chi connectivity index (χ1n) is 8.15. The van der Waals surface area contributed by atoms with Crippen molar-refractivity contribution in [3.05, 3.63) is 23.9 Å². The van der Waals surface area contributed by atoms with Gasteiger partial charge in [0.15, 0.2) is 9.84 Å². The van der Waals surface area contributed by atoms with Crippen molar-refractivity contribution >= 4 is 21.6 Å². The number of carbonyl (C=O) groups excluding carboxylic acids is 1. The largest absolute Gasteiger partial charge is 0.356 e. The molecule has 1 N–H and O–H groups in total. The third-order valence-corrected chi connectivity index (χ3v) is 6.32. The van der Waals surface area contributed by atoms with Crippen LogP contribution in [0.15, 0.2) is 18.3 Å². The van der Waals surface area contributed by atoms with E-state index in [0.717, 1.165) is 25.3 Å². The smallest absolute Gasteiger partial charge is 0.251 e. The molecule has 1 aromatic rings. The maximum Gasteiger partial charge on any atom is 0.251 e. The van der Waals surface area contributed by atoms with Gasteiger partial charge in [0.2, 0.25) is 0 Å². The lowest BCUT2D eigenvalue weighted by Crippen LogP contribution is -2.36. The second-order valence-electron chi connectivity index (χ2n) is 6.67. The van der Waals surface area contributed by atoms with Gasteiger partial charge in [-0.2, -0.15) is 0 Å². The van der Waals surface area contributed by atoms with E-state index in [2.05, 4.69) is 22.1 Å². The molecule has 2 saturated heterocycles. The number of aromatic nitrogens is 1. The zero-order valence-corrected chi connectivity index (χ0v) is 14.2. The van der Waals surface area contributed by atoms with Gasteiger partial charge in [0.05, 0.1) is 11.5 Å². The normalized spacial score (nSPS) is 26.9. The Morgan fingerprint density at radius 3 is 2.91 bits per heavy atom. The molecule has 0 spiro atoms. The summed E-state index contributed by atoms with van der Waals surface area (Å²) in [6, 6.07) is 3.20. The van der Waals surface area contributed by atoms with E-state index in [1.165, 1.54) is 6.42 Å². The van der Waals surface area contributed by atoms with Gasteiger partial charge in [-0.15, -0.1) is 0 Å². The van der Waals surface area contributed by atoms with Gasteiger partial charge in [-0.3, -0.25) is 4.79 Å². The molecule has 7 heteroatoms. The van der Waals surface area contributed by atoms with E-state index in [9.17, 15) is 13.2 Å². The average molecular weight is 337 g/mol. The highest BCUT2D eigenvalue weighted by Gasteiger charge is 2.29. The first kappa shape index (κ1) is 16.2. The van der Waals surface area contributed by atoms with Crippen molar-refractivity contribution in [2.75, 3.05) is 29.5 Å². The van der Waals surface area contributed by atoms with E-state index in [0.29, 0.717) is 17.9 Å². The Bertz CT molecular complexity index is 690. The fourth-order valence-electron chi connectivity index (χ4n) is 3.31. The van der Waals surface area contributed by atoms with Crippen molar-refractivity contribution in [1.82, 2.24) is 10.3 Å². The number of nitrogens with one attached hydrogen (secondary N) is 1. The minimum absolute atomic E-state index is 0.0420. The van der Waals surface area contributed by atoms with Crippen LogP contribution in [0.2, 0.25) is 0 Å². The topological polar surface area (TPSA) is 79.4 Å². The van der Waals surface area contributed by atoms with Crippen molar-refractivity contribution in [3.8, 4) is 0 Å². The van der Waals surface area contributed by atoms with Gasteiger partial charge in [0.25, 0.3) is 5.91 Å². The predicted octanol–water partition coefficient (Wildman–Crippen LogP) is 1.23. The van der Waals surface area contributed by atoms with Crippen LogP contribution < -0.4 is 10.2 Å². The maximum absolute atomic E-state index is 12.4. The number of hydrogen-bond donors (Lipinski definition) is 1. The Morgan fingerprint density at radius 1 is 1.39 bits per heavy atom. The van der Waals surface area contributed by atoms with Crippen LogP contribution >= 0.6 is 0 Å². The minimum Gasteiger partial charge on any atom is -0.356 e. The molecule has 1 amide bonds. The van der Waals surface area contributed by atoms with Crippen LogP contribution in [0.3, 0.4) is 0 Å². The summed E-state index contributed by atoms with van der Waals surface area (Å²) in [4.78, 5) is 19.0. The molecular weight excluding hydrogens is 314 g/mol. The molecule has 3 heterocycles. The number of amides is 1. The maximum atomic E-state index is 12.4. The summed E-state index contributed by atoms with van der Waals surface area (Å²) in [6.45, 7) is 4.14. The molecule has 0 aliphatic carbocycles. The molecule has 2 fully saturated rings. The minimum atomic E-state index is -2.99. The number of carbonyl (C=O) groups is 1. The van der Waals surface area contributed by atoms with Gasteiger partial charge in [0.1, 0.15) is 5.82 Å². The van der Waals surface area contributed by atoms with E-state index in [4.69, 9.17) is 0 Å². The molecule has 23 heavy (non-hydrogen) atoms. The van der Waals surface area contributed by atoms with E-state index in [1.807, 2.05) is 0 Å². The standard InChI is InChI=1S/C16H23N3O3S/c1-12-3-2-7-19(10-12)15-9-13(4-6-17-15)16(20)18-14-5-8-23(21,22)11-14/h4,6,9,12,14H,2-3,5,7-8,10-11H2,1H3,(H,18,20). The molecule has 6 nitrogen and oxygen atoms in total. The van der Waals surface area contributed by atoms with Gasteiger partial charge >= 0.3 is 0 Å². The molecule has 3 rings (SSSR count). The Morgan fingerprint density at radius 2 is 2.22 bits per heavy atom. The van der Waals surface area contributed by atoms with Crippen molar-refractivity contribution in [3.63, 3.8) is 0 Å². The first-order valence-corrected chi connectivity index (χ1v) is 9.97. The van der Waals surface area contributed by atoms with Crippen LogP contribution in [0.1, 0.15) is 36.5 Å². The number of rotatable bonds is 3. The molecule has 2 aliphatic rings. The van der Waals surface area contributed by atoms with Crippen LogP contribution in [0.4, 0.5) is 5.82 Å². The summed E-state index contributed by atoms with van der Waals surface area (Å²) >= 11 is 0. The molecule has 0 saturated carbocycles. The molecule has 126 valence electrons. The molecule has 0 aromatic carbocycles. The van der Waals surface area contributed by atoms with E-state index >= 15 is 0 Å². The van der Waals surface area contributed by atoms with Crippen LogP contribution in [-0.4, -0.2) is 49.9 Å². The van der Waals surface area contributed by atoms with E-state index in [1.54, 1.807) is 18.3 Å². The Kier molecular flexibility index (Phi) is 4.57. The summed E-state index contributed by atoms with van der Waals surface area (Å²) in [5, 5.41) is 2.83. The fourth-order valence-corrected chi connectivity index (χ4v) is 4.98. The lowest BCUT2D eigenvalue weighted by atomic mass is 10.0. The Balaban J connectivity index is 1.68. The van der Waals surface area contributed by atoms with Gasteiger partial charge < -0.3 is 10.2 Å². The lowest BCUT2D eigenvalue weighted by Gasteiger charge is -2.32. The highest BCUT2D eigenvalue weighted by Crippen LogP contribution is 2.22. The summed E-state index contributed by atoms with van der Waals surface area (Å²) in [6.07, 6.45) is 4.51. The van der Waals surface area contributed by atoms with Crippen LogP contribution in [0.5, 0.6) is 0 Å². The summed E-state index contributed by atoms with van der Waals surface area (Å²) in [5.41, 5.74) is 0.539. The summed E-state index contributed by atoms with van der Waals surface area (Å²) < 4.78 is 23.0. The molecule has 0 radical (unpaired) electrons. The van der Waals surface area contributed by atoms with Crippen molar-refractivity contribution in [1.29, 1.82) is 0 Å². The molecule has 2 unspecified atom stereocenters. The molecule has 2 atom stereocenters. The number of sulfone groups is 1. The predicted molar refractivity (Wildman–Crippen MR) is 89.4 cm³/mol. The average Bonchev–Trinajstić information content (AvgIpc) is 2.86. The number of nitrogens with zero attached hydrogens (tertiary/aromatic N) is 2. The number of piperidine rings is 1. The highest BCUT2D eigenvalue weighted by molar-refractivity contribution is 7.91.